The van der Waals surface area contributed by atoms with Gasteiger partial charge in [0.2, 0.25) is 0 Å². The molecule has 0 heterocycles. The van der Waals surface area contributed by atoms with Gasteiger partial charge in [-0.3, -0.25) is 19.2 Å². The van der Waals surface area contributed by atoms with E-state index >= 15 is 0 Å². The van der Waals surface area contributed by atoms with Gasteiger partial charge in [0, 0.05) is 47.3 Å². The van der Waals surface area contributed by atoms with Crippen molar-refractivity contribution >= 4 is 23.1 Å². The smallest absolute Gasteiger partial charge is 0.141 e. The van der Waals surface area contributed by atoms with Crippen LogP contribution in [-0.2, 0) is 19.2 Å². The van der Waals surface area contributed by atoms with Crippen LogP contribution in [0, 0.1) is 34.5 Å². The summed E-state index contributed by atoms with van der Waals surface area (Å²) in [5, 5.41) is 0. The molecule has 30 heavy (non-hydrogen) atoms. The highest BCUT2D eigenvalue weighted by Gasteiger charge is 2.30. The topological polar surface area (TPSA) is 68.3 Å². The molecule has 0 rings (SSSR count). The van der Waals surface area contributed by atoms with E-state index in [-0.39, 0.29) is 57.6 Å². The van der Waals surface area contributed by atoms with E-state index in [0.29, 0.717) is 25.7 Å². The van der Waals surface area contributed by atoms with Crippen LogP contribution in [-0.4, -0.2) is 23.1 Å². The molecule has 0 N–H and O–H groups in total. The average molecular weight is 425 g/mol. The van der Waals surface area contributed by atoms with Crippen LogP contribution in [0.3, 0.4) is 0 Å². The zero-order valence-electron chi connectivity index (χ0n) is 21.8. The Bertz CT molecular complexity index is 526. The SMILES string of the molecule is CC(C)C(=O)CCC(C)(C)C(=O)C(C)C.CC(C)C(=O)CCC(C)(C)C(=O)C(C)C. The zero-order valence-corrected chi connectivity index (χ0v) is 21.8. The second kappa shape index (κ2) is 13.2. The normalized spacial score (nSPS) is 12.3. The van der Waals surface area contributed by atoms with E-state index in [1.165, 1.54) is 0 Å². The molecule has 0 aromatic carbocycles. The molecule has 0 saturated heterocycles. The fourth-order valence-electron chi connectivity index (χ4n) is 3.26. The molecule has 0 aliphatic rings. The van der Waals surface area contributed by atoms with Gasteiger partial charge in [-0.05, 0) is 12.8 Å². The molecule has 0 fully saturated rings. The molecule has 176 valence electrons. The fourth-order valence-corrected chi connectivity index (χ4v) is 3.26. The van der Waals surface area contributed by atoms with Crippen molar-refractivity contribution in [3.8, 4) is 0 Å². The predicted octanol–water partition coefficient (Wildman–Crippen LogP) is 6.49. The van der Waals surface area contributed by atoms with Crippen LogP contribution in [0.5, 0.6) is 0 Å². The number of hydrogen-bond donors (Lipinski definition) is 0. The standard InChI is InChI=1S/2C13H24O2/c2*1-9(2)11(14)7-8-13(5,6)12(15)10(3)4/h2*9-10H,7-8H2,1-6H3. The first-order valence-corrected chi connectivity index (χ1v) is 11.5. The van der Waals surface area contributed by atoms with Crippen molar-refractivity contribution in [1.29, 1.82) is 0 Å². The summed E-state index contributed by atoms with van der Waals surface area (Å²) in [6.45, 7) is 23.0. The van der Waals surface area contributed by atoms with Gasteiger partial charge in [0.25, 0.3) is 0 Å². The van der Waals surface area contributed by atoms with Gasteiger partial charge < -0.3 is 0 Å². The molecule has 0 amide bonds. The van der Waals surface area contributed by atoms with Gasteiger partial charge in [-0.25, -0.2) is 0 Å². The maximum absolute atomic E-state index is 11.8. The van der Waals surface area contributed by atoms with Crippen molar-refractivity contribution in [2.45, 2.75) is 109 Å². The first-order chi connectivity index (χ1) is 13.4. The Hall–Kier alpha value is -1.32. The van der Waals surface area contributed by atoms with E-state index in [1.807, 2.05) is 83.1 Å². The van der Waals surface area contributed by atoms with Crippen molar-refractivity contribution in [3.05, 3.63) is 0 Å². The Morgan fingerprint density at radius 1 is 0.500 bits per heavy atom. The molecule has 0 aromatic rings. The Kier molecular flexibility index (Phi) is 13.6. The third kappa shape index (κ3) is 11.8. The summed E-state index contributed by atoms with van der Waals surface area (Å²) >= 11 is 0. The van der Waals surface area contributed by atoms with Crippen LogP contribution in [0.1, 0.15) is 109 Å². The maximum Gasteiger partial charge on any atom is 0.141 e. The molecule has 0 saturated carbocycles. The van der Waals surface area contributed by atoms with Crippen molar-refractivity contribution < 1.29 is 19.2 Å². The lowest BCUT2D eigenvalue weighted by molar-refractivity contribution is -0.132. The minimum Gasteiger partial charge on any atom is -0.299 e. The zero-order chi connectivity index (χ0) is 24.4. The largest absolute Gasteiger partial charge is 0.299 e. The Morgan fingerprint density at radius 2 is 0.733 bits per heavy atom. The highest BCUT2D eigenvalue weighted by atomic mass is 16.1. The van der Waals surface area contributed by atoms with Gasteiger partial charge in [-0.2, -0.15) is 0 Å². The number of Topliss-reactive ketones (excluding diaryl/α,β-unsaturated/α-hetero) is 4. The third-order valence-electron chi connectivity index (χ3n) is 5.66. The Morgan fingerprint density at radius 3 is 0.900 bits per heavy atom. The quantitative estimate of drug-likeness (QED) is 0.359. The van der Waals surface area contributed by atoms with E-state index in [1.54, 1.807) is 0 Å². The first-order valence-electron chi connectivity index (χ1n) is 11.5. The molecule has 4 heteroatoms. The number of ketones is 4. The van der Waals surface area contributed by atoms with E-state index in [9.17, 15) is 19.2 Å². The molecule has 0 aliphatic carbocycles. The maximum atomic E-state index is 11.8. The lowest BCUT2D eigenvalue weighted by atomic mass is 9.78. The van der Waals surface area contributed by atoms with Crippen molar-refractivity contribution in [2.24, 2.45) is 34.5 Å². The molecule has 0 bridgehead atoms. The van der Waals surface area contributed by atoms with Gasteiger partial charge in [0.1, 0.15) is 23.1 Å². The third-order valence-corrected chi connectivity index (χ3v) is 5.66. The lowest BCUT2D eigenvalue weighted by Gasteiger charge is -2.25. The number of hydrogen-bond acceptors (Lipinski definition) is 4. The molecule has 0 aliphatic heterocycles. The van der Waals surface area contributed by atoms with Crippen molar-refractivity contribution in [1.82, 2.24) is 0 Å². The molecular formula is C26H48O4. The summed E-state index contributed by atoms with van der Waals surface area (Å²) in [6.07, 6.45) is 2.37. The number of carbonyl (C=O) groups is 4. The average Bonchev–Trinajstić information content (AvgIpc) is 2.62. The molecule has 0 atom stereocenters. The summed E-state index contributed by atoms with van der Waals surface area (Å²) < 4.78 is 0. The fraction of sp³-hybridized carbons (Fsp3) is 0.846. The highest BCUT2D eigenvalue weighted by molar-refractivity contribution is 5.87. The molecule has 0 spiro atoms. The Labute approximate surface area is 186 Å². The second-order valence-electron chi connectivity index (χ2n) is 11.0. The minimum absolute atomic E-state index is 0.0501. The molecule has 4 nitrogen and oxygen atoms in total. The summed E-state index contributed by atoms with van der Waals surface area (Å²) in [5.41, 5.74) is -0.725. The van der Waals surface area contributed by atoms with Gasteiger partial charge in [0.05, 0.1) is 0 Å². The Balaban J connectivity index is 0. The minimum atomic E-state index is -0.362. The van der Waals surface area contributed by atoms with Gasteiger partial charge in [0.15, 0.2) is 0 Å². The number of carbonyl (C=O) groups excluding carboxylic acids is 4. The first kappa shape index (κ1) is 30.9. The summed E-state index contributed by atoms with van der Waals surface area (Å²) in [4.78, 5) is 46.6. The summed E-state index contributed by atoms with van der Waals surface area (Å²) in [6, 6.07) is 0. The highest BCUT2D eigenvalue weighted by Crippen LogP contribution is 2.28. The lowest BCUT2D eigenvalue weighted by Crippen LogP contribution is -2.29. The van der Waals surface area contributed by atoms with Gasteiger partial charge in [-0.15, -0.1) is 0 Å². The van der Waals surface area contributed by atoms with Gasteiger partial charge in [-0.1, -0.05) is 83.1 Å². The van der Waals surface area contributed by atoms with Crippen LogP contribution in [0.15, 0.2) is 0 Å². The summed E-state index contributed by atoms with van der Waals surface area (Å²) in [5.74, 6) is 1.26. The second-order valence-corrected chi connectivity index (χ2v) is 11.0. The van der Waals surface area contributed by atoms with Crippen molar-refractivity contribution in [2.75, 3.05) is 0 Å². The van der Waals surface area contributed by atoms with Gasteiger partial charge >= 0.3 is 0 Å². The molecule has 0 unspecified atom stereocenters. The van der Waals surface area contributed by atoms with E-state index in [2.05, 4.69) is 0 Å². The molecule has 0 radical (unpaired) electrons. The van der Waals surface area contributed by atoms with Crippen LogP contribution >= 0.6 is 0 Å². The monoisotopic (exact) mass is 424 g/mol. The molecule has 0 aromatic heterocycles. The van der Waals surface area contributed by atoms with Crippen molar-refractivity contribution in [3.63, 3.8) is 0 Å². The van der Waals surface area contributed by atoms with Crippen LogP contribution in [0.2, 0.25) is 0 Å². The van der Waals surface area contributed by atoms with E-state index in [0.717, 1.165) is 0 Å². The van der Waals surface area contributed by atoms with Crippen LogP contribution in [0.25, 0.3) is 0 Å². The predicted molar refractivity (Wildman–Crippen MR) is 125 cm³/mol. The van der Waals surface area contributed by atoms with Crippen LogP contribution < -0.4 is 0 Å². The van der Waals surface area contributed by atoms with E-state index in [4.69, 9.17) is 0 Å². The summed E-state index contributed by atoms with van der Waals surface area (Å²) in [7, 11) is 0. The molecular weight excluding hydrogens is 376 g/mol. The van der Waals surface area contributed by atoms with E-state index < -0.39 is 0 Å². The number of rotatable bonds is 12. The van der Waals surface area contributed by atoms with Crippen LogP contribution in [0.4, 0.5) is 0 Å².